The SMILES string of the molecule is CCCNC(c1cncc(C)c1)C1CN(CCC)CCO1. The zero-order valence-electron chi connectivity index (χ0n) is 13.6. The molecule has 2 heterocycles. The lowest BCUT2D eigenvalue weighted by Crippen LogP contribution is -2.48. The van der Waals surface area contributed by atoms with Crippen molar-refractivity contribution in [2.24, 2.45) is 0 Å². The Balaban J connectivity index is 2.11. The smallest absolute Gasteiger partial charge is 0.0897 e. The first kappa shape index (κ1) is 16.4. The maximum atomic E-state index is 6.08. The summed E-state index contributed by atoms with van der Waals surface area (Å²) in [5.41, 5.74) is 2.45. The lowest BCUT2D eigenvalue weighted by atomic mass is 10.00. The van der Waals surface area contributed by atoms with Crippen LogP contribution in [-0.4, -0.2) is 48.8 Å². The fraction of sp³-hybridized carbons (Fsp3) is 0.706. The van der Waals surface area contributed by atoms with E-state index in [4.69, 9.17) is 4.74 Å². The van der Waals surface area contributed by atoms with Crippen molar-refractivity contribution in [3.05, 3.63) is 29.6 Å². The van der Waals surface area contributed by atoms with Crippen LogP contribution in [0.1, 0.15) is 43.9 Å². The van der Waals surface area contributed by atoms with Crippen molar-refractivity contribution in [1.82, 2.24) is 15.2 Å². The second-order valence-corrected chi connectivity index (χ2v) is 5.94. The summed E-state index contributed by atoms with van der Waals surface area (Å²) in [6.45, 7) is 11.6. The predicted molar refractivity (Wildman–Crippen MR) is 86.5 cm³/mol. The van der Waals surface area contributed by atoms with E-state index < -0.39 is 0 Å². The van der Waals surface area contributed by atoms with Gasteiger partial charge in [-0.05, 0) is 44.0 Å². The number of pyridine rings is 1. The molecule has 0 amide bonds. The van der Waals surface area contributed by atoms with Crippen molar-refractivity contribution in [1.29, 1.82) is 0 Å². The van der Waals surface area contributed by atoms with E-state index >= 15 is 0 Å². The van der Waals surface area contributed by atoms with Gasteiger partial charge in [-0.25, -0.2) is 0 Å². The maximum absolute atomic E-state index is 6.08. The van der Waals surface area contributed by atoms with Gasteiger partial charge in [0.1, 0.15) is 0 Å². The predicted octanol–water partition coefficient (Wildman–Crippen LogP) is 2.54. The van der Waals surface area contributed by atoms with Gasteiger partial charge in [0.2, 0.25) is 0 Å². The Morgan fingerprint density at radius 2 is 2.24 bits per heavy atom. The Labute approximate surface area is 128 Å². The molecular weight excluding hydrogens is 262 g/mol. The molecule has 0 aromatic carbocycles. The van der Waals surface area contributed by atoms with Crippen LogP contribution in [0.2, 0.25) is 0 Å². The number of aromatic nitrogens is 1. The third-order valence-corrected chi connectivity index (χ3v) is 3.96. The Hall–Kier alpha value is -0.970. The maximum Gasteiger partial charge on any atom is 0.0897 e. The number of aryl methyl sites for hydroxylation is 1. The Morgan fingerprint density at radius 3 is 2.95 bits per heavy atom. The minimum Gasteiger partial charge on any atom is -0.374 e. The molecule has 1 aromatic rings. The highest BCUT2D eigenvalue weighted by atomic mass is 16.5. The van der Waals surface area contributed by atoms with E-state index in [1.54, 1.807) is 0 Å². The summed E-state index contributed by atoms with van der Waals surface area (Å²) in [4.78, 5) is 6.87. The van der Waals surface area contributed by atoms with E-state index in [9.17, 15) is 0 Å². The standard InChI is InChI=1S/C17H29N3O/c1-4-6-19-17(15-10-14(3)11-18-12-15)16-13-20(7-5-2)8-9-21-16/h10-12,16-17,19H,4-9,13H2,1-3H3. The molecule has 1 aliphatic rings. The summed E-state index contributed by atoms with van der Waals surface area (Å²) in [7, 11) is 0. The van der Waals surface area contributed by atoms with E-state index in [2.05, 4.69) is 42.0 Å². The number of hydrogen-bond donors (Lipinski definition) is 1. The second kappa shape index (κ2) is 8.47. The van der Waals surface area contributed by atoms with Crippen LogP contribution in [0.4, 0.5) is 0 Å². The first-order valence-corrected chi connectivity index (χ1v) is 8.23. The van der Waals surface area contributed by atoms with Crippen molar-refractivity contribution in [3.63, 3.8) is 0 Å². The molecule has 21 heavy (non-hydrogen) atoms. The first-order valence-electron chi connectivity index (χ1n) is 8.23. The van der Waals surface area contributed by atoms with Gasteiger partial charge < -0.3 is 10.1 Å². The first-order chi connectivity index (χ1) is 10.2. The van der Waals surface area contributed by atoms with Crippen LogP contribution < -0.4 is 5.32 Å². The summed E-state index contributed by atoms with van der Waals surface area (Å²) < 4.78 is 6.08. The van der Waals surface area contributed by atoms with Gasteiger partial charge in [-0.2, -0.15) is 0 Å². The number of ether oxygens (including phenoxy) is 1. The lowest BCUT2D eigenvalue weighted by Gasteiger charge is -2.37. The third kappa shape index (κ3) is 4.77. The van der Waals surface area contributed by atoms with Gasteiger partial charge >= 0.3 is 0 Å². The minimum atomic E-state index is 0.209. The van der Waals surface area contributed by atoms with Crippen LogP contribution in [0.15, 0.2) is 18.5 Å². The van der Waals surface area contributed by atoms with Crippen molar-refractivity contribution < 1.29 is 4.74 Å². The summed E-state index contributed by atoms with van der Waals surface area (Å²) in [5.74, 6) is 0. The topological polar surface area (TPSA) is 37.4 Å². The molecule has 4 heteroatoms. The molecule has 1 fully saturated rings. The van der Waals surface area contributed by atoms with Gasteiger partial charge in [-0.1, -0.05) is 19.9 Å². The molecule has 0 aliphatic carbocycles. The third-order valence-electron chi connectivity index (χ3n) is 3.96. The Bertz CT molecular complexity index is 422. The minimum absolute atomic E-state index is 0.209. The van der Waals surface area contributed by atoms with Gasteiger partial charge in [-0.3, -0.25) is 9.88 Å². The van der Waals surface area contributed by atoms with Crippen LogP contribution in [0.25, 0.3) is 0 Å². The normalized spacial score (nSPS) is 21.4. The fourth-order valence-electron chi connectivity index (χ4n) is 2.96. The van der Waals surface area contributed by atoms with Crippen LogP contribution in [0, 0.1) is 6.92 Å². The zero-order chi connectivity index (χ0) is 15.1. The van der Waals surface area contributed by atoms with Crippen LogP contribution in [-0.2, 0) is 4.74 Å². The molecule has 4 nitrogen and oxygen atoms in total. The summed E-state index contributed by atoms with van der Waals surface area (Å²) in [6.07, 6.45) is 6.42. The molecule has 118 valence electrons. The molecule has 0 saturated carbocycles. The van der Waals surface area contributed by atoms with Crippen LogP contribution in [0.5, 0.6) is 0 Å². The molecular formula is C17H29N3O. The average molecular weight is 291 g/mol. The number of morpholine rings is 1. The second-order valence-electron chi connectivity index (χ2n) is 5.94. The quantitative estimate of drug-likeness (QED) is 0.838. The van der Waals surface area contributed by atoms with Crippen molar-refractivity contribution in [2.75, 3.05) is 32.8 Å². The Kier molecular flexibility index (Phi) is 6.61. The molecule has 1 aromatic heterocycles. The van der Waals surface area contributed by atoms with Gasteiger partial charge in [0.25, 0.3) is 0 Å². The van der Waals surface area contributed by atoms with Gasteiger partial charge in [0, 0.05) is 25.5 Å². The van der Waals surface area contributed by atoms with E-state index in [0.717, 1.165) is 39.2 Å². The molecule has 2 rings (SSSR count). The zero-order valence-corrected chi connectivity index (χ0v) is 13.6. The van der Waals surface area contributed by atoms with Crippen LogP contribution >= 0.6 is 0 Å². The van der Waals surface area contributed by atoms with E-state index in [0.29, 0.717) is 0 Å². The number of nitrogens with one attached hydrogen (secondary N) is 1. The average Bonchev–Trinajstić information content (AvgIpc) is 2.49. The highest BCUT2D eigenvalue weighted by molar-refractivity contribution is 5.21. The van der Waals surface area contributed by atoms with Crippen molar-refractivity contribution in [2.45, 2.75) is 45.8 Å². The van der Waals surface area contributed by atoms with E-state index in [1.165, 1.54) is 17.5 Å². The highest BCUT2D eigenvalue weighted by Crippen LogP contribution is 2.23. The van der Waals surface area contributed by atoms with Crippen molar-refractivity contribution >= 4 is 0 Å². The molecule has 0 bridgehead atoms. The number of nitrogens with zero attached hydrogens (tertiary/aromatic N) is 2. The fourth-order valence-corrected chi connectivity index (χ4v) is 2.96. The summed E-state index contributed by atoms with van der Waals surface area (Å²) in [6, 6.07) is 2.46. The molecule has 1 aliphatic heterocycles. The van der Waals surface area contributed by atoms with E-state index in [1.807, 2.05) is 12.4 Å². The Morgan fingerprint density at radius 1 is 1.38 bits per heavy atom. The highest BCUT2D eigenvalue weighted by Gasteiger charge is 2.28. The van der Waals surface area contributed by atoms with Crippen molar-refractivity contribution in [3.8, 4) is 0 Å². The molecule has 1 saturated heterocycles. The number of hydrogen-bond acceptors (Lipinski definition) is 4. The molecule has 0 spiro atoms. The van der Waals surface area contributed by atoms with Gasteiger partial charge in [0.15, 0.2) is 0 Å². The summed E-state index contributed by atoms with van der Waals surface area (Å²) in [5, 5.41) is 3.65. The lowest BCUT2D eigenvalue weighted by molar-refractivity contribution is -0.0470. The largest absolute Gasteiger partial charge is 0.374 e. The number of rotatable bonds is 7. The molecule has 2 unspecified atom stereocenters. The molecule has 2 atom stereocenters. The molecule has 1 N–H and O–H groups in total. The van der Waals surface area contributed by atoms with Gasteiger partial charge in [-0.15, -0.1) is 0 Å². The summed E-state index contributed by atoms with van der Waals surface area (Å²) >= 11 is 0. The van der Waals surface area contributed by atoms with Crippen LogP contribution in [0.3, 0.4) is 0 Å². The van der Waals surface area contributed by atoms with Gasteiger partial charge in [0.05, 0.1) is 18.8 Å². The van der Waals surface area contributed by atoms with E-state index in [-0.39, 0.29) is 12.1 Å². The monoisotopic (exact) mass is 291 g/mol. The molecule has 0 radical (unpaired) electrons.